The van der Waals surface area contributed by atoms with Crippen LogP contribution in [0.4, 0.5) is 0 Å². The highest BCUT2D eigenvalue weighted by atomic mass is 79.9. The number of thioether (sulfide) groups is 1. The minimum Gasteiger partial charge on any atom is -0.347 e. The van der Waals surface area contributed by atoms with Gasteiger partial charge in [-0.05, 0) is 30.2 Å². The van der Waals surface area contributed by atoms with Crippen LogP contribution in [0, 0.1) is 0 Å². The second kappa shape index (κ2) is 10.3. The molecule has 1 amide bonds. The number of halogens is 1. The molecule has 10 heteroatoms. The number of carbonyl (C=O) groups is 1. The van der Waals surface area contributed by atoms with Gasteiger partial charge in [-0.2, -0.15) is 0 Å². The Hall–Kier alpha value is -2.53. The van der Waals surface area contributed by atoms with Gasteiger partial charge < -0.3 is 18.9 Å². The summed E-state index contributed by atoms with van der Waals surface area (Å²) >= 11 is 4.91. The maximum absolute atomic E-state index is 13.4. The summed E-state index contributed by atoms with van der Waals surface area (Å²) in [7, 11) is 0. The zero-order valence-electron chi connectivity index (χ0n) is 20.6. The normalized spacial score (nSPS) is 18.2. The van der Waals surface area contributed by atoms with Crippen LogP contribution in [-0.4, -0.2) is 67.9 Å². The van der Waals surface area contributed by atoms with Crippen molar-refractivity contribution in [2.45, 2.75) is 48.9 Å². The van der Waals surface area contributed by atoms with Crippen LogP contribution >= 0.6 is 27.7 Å². The van der Waals surface area contributed by atoms with Crippen LogP contribution in [0.2, 0.25) is 0 Å². The van der Waals surface area contributed by atoms with Crippen LogP contribution in [0.25, 0.3) is 22.1 Å². The molecule has 2 fully saturated rings. The maximum atomic E-state index is 13.4. The second-order valence-electron chi connectivity index (χ2n) is 9.44. The number of benzene rings is 2. The number of hydrogen-bond acceptors (Lipinski definition) is 7. The Labute approximate surface area is 227 Å². The van der Waals surface area contributed by atoms with Crippen molar-refractivity contribution in [3.8, 4) is 0 Å². The van der Waals surface area contributed by atoms with E-state index in [0.717, 1.165) is 26.5 Å². The quantitative estimate of drug-likeness (QED) is 0.295. The Morgan fingerprint density at radius 2 is 1.81 bits per heavy atom. The summed E-state index contributed by atoms with van der Waals surface area (Å²) < 4.78 is 14.9. The molecule has 2 saturated heterocycles. The second-order valence-corrected chi connectivity index (χ2v) is 11.5. The fraction of sp³-hybridized carbons (Fsp3) is 0.407. The van der Waals surface area contributed by atoms with E-state index in [1.54, 1.807) is 0 Å². The summed E-state index contributed by atoms with van der Waals surface area (Å²) in [4.78, 5) is 20.3. The van der Waals surface area contributed by atoms with Gasteiger partial charge >= 0.3 is 0 Å². The molecular formula is C27H28BrN5O3S. The topological polar surface area (TPSA) is 82.4 Å². The number of fused-ring (bicyclic) bond motifs is 3. The summed E-state index contributed by atoms with van der Waals surface area (Å²) in [6, 6.07) is 16.5. The first-order chi connectivity index (χ1) is 18.0. The Kier molecular flexibility index (Phi) is 6.91. The summed E-state index contributed by atoms with van der Waals surface area (Å²) in [6.07, 6.45) is 2.10. The van der Waals surface area contributed by atoms with Crippen molar-refractivity contribution in [2.75, 3.05) is 26.3 Å². The molecule has 4 heterocycles. The van der Waals surface area contributed by atoms with E-state index in [4.69, 9.17) is 14.5 Å². The lowest BCUT2D eigenvalue weighted by molar-refractivity contribution is -0.187. The van der Waals surface area contributed by atoms with Gasteiger partial charge in [0.1, 0.15) is 5.52 Å². The number of piperidine rings is 1. The molecule has 0 radical (unpaired) electrons. The van der Waals surface area contributed by atoms with Crippen molar-refractivity contribution in [3.05, 3.63) is 58.6 Å². The maximum Gasteiger partial charge on any atom is 0.236 e. The molecular weight excluding hydrogens is 554 g/mol. The first-order valence-electron chi connectivity index (χ1n) is 12.6. The molecule has 0 saturated carbocycles. The van der Waals surface area contributed by atoms with Gasteiger partial charge in [-0.25, -0.2) is 4.98 Å². The minimum absolute atomic E-state index is 0.111. The number of hydrogen-bond donors (Lipinski definition) is 0. The van der Waals surface area contributed by atoms with E-state index in [2.05, 4.69) is 55.0 Å². The summed E-state index contributed by atoms with van der Waals surface area (Å²) in [6.45, 7) is 5.22. The zero-order valence-corrected chi connectivity index (χ0v) is 23.0. The number of nitrogens with zero attached hydrogens (tertiary/aromatic N) is 5. The van der Waals surface area contributed by atoms with Gasteiger partial charge in [-0.1, -0.05) is 64.9 Å². The standard InChI is InChI=1S/C27H28BrN5O3S/c1-2-22(25(34)32-13-11-27(12-14-32)35-15-16-36-27)37-26-29-24-23(30-31-26)20-5-3-4-6-21(20)33(24)17-18-7-9-19(28)10-8-18/h3-10,22H,2,11-17H2,1H3. The highest BCUT2D eigenvalue weighted by Gasteiger charge is 2.41. The van der Waals surface area contributed by atoms with Crippen LogP contribution in [-0.2, 0) is 20.8 Å². The third-order valence-electron chi connectivity index (χ3n) is 7.15. The van der Waals surface area contributed by atoms with Gasteiger partial charge in [0, 0.05) is 42.3 Å². The van der Waals surface area contributed by atoms with E-state index < -0.39 is 5.79 Å². The molecule has 1 atom stereocenters. The molecule has 0 bridgehead atoms. The fourth-order valence-corrected chi connectivity index (χ4v) is 6.33. The predicted octanol–water partition coefficient (Wildman–Crippen LogP) is 5.03. The molecule has 0 aliphatic carbocycles. The van der Waals surface area contributed by atoms with Gasteiger partial charge in [0.05, 0.1) is 24.0 Å². The first-order valence-corrected chi connectivity index (χ1v) is 14.3. The number of rotatable bonds is 6. The summed E-state index contributed by atoms with van der Waals surface area (Å²) in [5.41, 5.74) is 3.78. The van der Waals surface area contributed by atoms with E-state index >= 15 is 0 Å². The van der Waals surface area contributed by atoms with Crippen LogP contribution < -0.4 is 0 Å². The molecule has 0 N–H and O–H groups in total. The van der Waals surface area contributed by atoms with E-state index in [1.807, 2.05) is 36.1 Å². The van der Waals surface area contributed by atoms with Crippen molar-refractivity contribution < 1.29 is 14.3 Å². The van der Waals surface area contributed by atoms with Gasteiger partial charge in [-0.15, -0.1) is 10.2 Å². The molecule has 2 aromatic heterocycles. The van der Waals surface area contributed by atoms with Crippen molar-refractivity contribution in [2.24, 2.45) is 0 Å². The van der Waals surface area contributed by atoms with Gasteiger partial charge in [0.2, 0.25) is 11.1 Å². The highest BCUT2D eigenvalue weighted by molar-refractivity contribution is 9.10. The molecule has 1 unspecified atom stereocenters. The third kappa shape index (κ3) is 4.87. The molecule has 6 rings (SSSR count). The monoisotopic (exact) mass is 581 g/mol. The van der Waals surface area contributed by atoms with E-state index in [9.17, 15) is 4.79 Å². The smallest absolute Gasteiger partial charge is 0.236 e. The van der Waals surface area contributed by atoms with Crippen LogP contribution in [0.1, 0.15) is 31.7 Å². The molecule has 4 aromatic rings. The number of amides is 1. The minimum atomic E-state index is -0.494. The number of ether oxygens (including phenoxy) is 2. The molecule has 2 aromatic carbocycles. The number of para-hydroxylation sites is 1. The molecule has 192 valence electrons. The average molecular weight is 583 g/mol. The summed E-state index contributed by atoms with van der Waals surface area (Å²) in [5, 5.41) is 10.3. The van der Waals surface area contributed by atoms with Crippen molar-refractivity contribution in [1.82, 2.24) is 24.6 Å². The zero-order chi connectivity index (χ0) is 25.4. The lowest BCUT2D eigenvalue weighted by Gasteiger charge is -2.38. The Morgan fingerprint density at radius 1 is 1.08 bits per heavy atom. The summed E-state index contributed by atoms with van der Waals surface area (Å²) in [5.74, 6) is -0.383. The van der Waals surface area contributed by atoms with Gasteiger partial charge in [0.15, 0.2) is 11.4 Å². The lowest BCUT2D eigenvalue weighted by Crippen LogP contribution is -2.49. The molecule has 2 aliphatic rings. The number of carbonyl (C=O) groups excluding carboxylic acids is 1. The highest BCUT2D eigenvalue weighted by Crippen LogP contribution is 2.34. The van der Waals surface area contributed by atoms with Crippen LogP contribution in [0.3, 0.4) is 0 Å². The molecule has 2 aliphatic heterocycles. The van der Waals surface area contributed by atoms with E-state index in [0.29, 0.717) is 57.3 Å². The number of likely N-dealkylation sites (tertiary alicyclic amines) is 1. The Bertz CT molecular complexity index is 1430. The molecule has 37 heavy (non-hydrogen) atoms. The third-order valence-corrected chi connectivity index (χ3v) is 8.88. The van der Waals surface area contributed by atoms with E-state index in [1.165, 1.54) is 17.3 Å². The molecule has 1 spiro atoms. The van der Waals surface area contributed by atoms with Crippen molar-refractivity contribution in [1.29, 1.82) is 0 Å². The average Bonchev–Trinajstić information content (AvgIpc) is 3.51. The van der Waals surface area contributed by atoms with Gasteiger partial charge in [-0.3, -0.25) is 4.79 Å². The largest absolute Gasteiger partial charge is 0.347 e. The number of aromatic nitrogens is 4. The van der Waals surface area contributed by atoms with Crippen LogP contribution in [0.5, 0.6) is 0 Å². The van der Waals surface area contributed by atoms with E-state index in [-0.39, 0.29) is 11.2 Å². The SMILES string of the molecule is CCC(Sc1nnc2c3ccccc3n(Cc3ccc(Br)cc3)c2n1)C(=O)N1CCC2(CC1)OCCO2. The first kappa shape index (κ1) is 24.8. The Morgan fingerprint density at radius 3 is 2.54 bits per heavy atom. The van der Waals surface area contributed by atoms with Crippen molar-refractivity contribution >= 4 is 55.7 Å². The van der Waals surface area contributed by atoms with Crippen molar-refractivity contribution in [3.63, 3.8) is 0 Å². The lowest BCUT2D eigenvalue weighted by atomic mass is 10.0. The van der Waals surface area contributed by atoms with Gasteiger partial charge in [0.25, 0.3) is 0 Å². The predicted molar refractivity (Wildman–Crippen MR) is 146 cm³/mol. The molecule has 8 nitrogen and oxygen atoms in total. The Balaban J connectivity index is 1.26. The van der Waals surface area contributed by atoms with Crippen LogP contribution in [0.15, 0.2) is 58.2 Å². The fourth-order valence-electron chi connectivity index (χ4n) is 5.16.